The molecule has 0 atom stereocenters. The van der Waals surface area contributed by atoms with Crippen molar-refractivity contribution in [2.45, 2.75) is 26.3 Å². The second kappa shape index (κ2) is 5.37. The van der Waals surface area contributed by atoms with Gasteiger partial charge in [-0.05, 0) is 55.2 Å². The van der Waals surface area contributed by atoms with E-state index in [0.29, 0.717) is 5.02 Å². The van der Waals surface area contributed by atoms with Gasteiger partial charge in [-0.1, -0.05) is 29.3 Å². The number of nitrogen functional groups attached to an aromatic ring is 1. The van der Waals surface area contributed by atoms with Crippen LogP contribution in [0.25, 0.3) is 0 Å². The summed E-state index contributed by atoms with van der Waals surface area (Å²) in [5.41, 5.74) is 11.9. The van der Waals surface area contributed by atoms with Crippen molar-refractivity contribution in [3.63, 3.8) is 0 Å². The highest BCUT2D eigenvalue weighted by Crippen LogP contribution is 2.30. The summed E-state index contributed by atoms with van der Waals surface area (Å²) in [6, 6.07) is 12.5. The highest BCUT2D eigenvalue weighted by molar-refractivity contribution is 6.30. The van der Waals surface area contributed by atoms with E-state index >= 15 is 0 Å². The first-order valence-electron chi connectivity index (χ1n) is 7.01. The summed E-state index contributed by atoms with van der Waals surface area (Å²) in [5.74, 6) is 0. The van der Waals surface area contributed by atoms with Crippen LogP contribution in [0.4, 0.5) is 11.4 Å². The van der Waals surface area contributed by atoms with Gasteiger partial charge in [0.25, 0.3) is 0 Å². The monoisotopic (exact) mass is 286 g/mol. The number of rotatable bonds is 2. The second-order valence-electron chi connectivity index (χ2n) is 5.55. The summed E-state index contributed by atoms with van der Waals surface area (Å²) in [5, 5.41) is 0.709. The molecular weight excluding hydrogens is 268 g/mol. The Morgan fingerprint density at radius 2 is 2.05 bits per heavy atom. The molecule has 0 aliphatic carbocycles. The normalized spacial score (nSPS) is 14.2. The summed E-state index contributed by atoms with van der Waals surface area (Å²) in [6.07, 6.45) is 2.37. The topological polar surface area (TPSA) is 29.3 Å². The number of aryl methyl sites for hydroxylation is 2. The third kappa shape index (κ3) is 2.75. The van der Waals surface area contributed by atoms with Crippen LogP contribution in [0.15, 0.2) is 36.4 Å². The van der Waals surface area contributed by atoms with E-state index in [0.717, 1.165) is 18.8 Å². The molecule has 0 unspecified atom stereocenters. The Morgan fingerprint density at radius 1 is 1.20 bits per heavy atom. The van der Waals surface area contributed by atoms with Gasteiger partial charge in [0.2, 0.25) is 0 Å². The molecule has 0 spiro atoms. The number of hydrogen-bond donors (Lipinski definition) is 1. The molecule has 20 heavy (non-hydrogen) atoms. The van der Waals surface area contributed by atoms with E-state index in [2.05, 4.69) is 30.0 Å². The van der Waals surface area contributed by atoms with Gasteiger partial charge in [-0.25, -0.2) is 0 Å². The van der Waals surface area contributed by atoms with E-state index in [1.54, 1.807) is 6.07 Å². The first-order chi connectivity index (χ1) is 9.61. The summed E-state index contributed by atoms with van der Waals surface area (Å²) in [7, 11) is 0. The predicted octanol–water partition coefficient (Wildman–Crippen LogP) is 4.18. The predicted molar refractivity (Wildman–Crippen MR) is 86.4 cm³/mol. The van der Waals surface area contributed by atoms with E-state index in [4.69, 9.17) is 17.3 Å². The van der Waals surface area contributed by atoms with Gasteiger partial charge in [0.1, 0.15) is 0 Å². The number of nitrogens with zero attached hydrogens (tertiary/aromatic N) is 1. The lowest BCUT2D eigenvalue weighted by molar-refractivity contribution is 0.691. The van der Waals surface area contributed by atoms with Crippen molar-refractivity contribution in [1.29, 1.82) is 0 Å². The fraction of sp³-hybridized carbons (Fsp3) is 0.294. The molecule has 0 saturated carbocycles. The molecule has 2 aromatic rings. The van der Waals surface area contributed by atoms with Crippen LogP contribution in [0.1, 0.15) is 23.1 Å². The molecular formula is C17H19ClN2. The molecule has 1 heterocycles. The molecule has 3 heteroatoms. The van der Waals surface area contributed by atoms with E-state index in [9.17, 15) is 0 Å². The van der Waals surface area contributed by atoms with Gasteiger partial charge in [0.05, 0.1) is 0 Å². The van der Waals surface area contributed by atoms with Gasteiger partial charge in [0.15, 0.2) is 0 Å². The van der Waals surface area contributed by atoms with Gasteiger partial charge in [0, 0.05) is 29.5 Å². The van der Waals surface area contributed by atoms with Crippen LogP contribution < -0.4 is 10.6 Å². The largest absolute Gasteiger partial charge is 0.399 e. The van der Waals surface area contributed by atoms with Gasteiger partial charge in [-0.15, -0.1) is 0 Å². The Labute approximate surface area is 125 Å². The molecule has 3 rings (SSSR count). The van der Waals surface area contributed by atoms with Gasteiger partial charge in [-0.2, -0.15) is 0 Å². The van der Waals surface area contributed by atoms with Crippen molar-refractivity contribution in [2.24, 2.45) is 0 Å². The summed E-state index contributed by atoms with van der Waals surface area (Å²) < 4.78 is 0. The zero-order valence-electron chi connectivity index (χ0n) is 11.7. The number of nitrogens with two attached hydrogens (primary N) is 1. The van der Waals surface area contributed by atoms with E-state index in [1.807, 2.05) is 12.1 Å². The van der Waals surface area contributed by atoms with Crippen LogP contribution in [0.5, 0.6) is 0 Å². The number of benzene rings is 2. The number of fused-ring (bicyclic) bond motifs is 1. The van der Waals surface area contributed by atoms with Crippen molar-refractivity contribution < 1.29 is 0 Å². The Kier molecular flexibility index (Phi) is 3.58. The lowest BCUT2D eigenvalue weighted by Crippen LogP contribution is -2.28. The molecule has 1 aliphatic heterocycles. The third-order valence-corrected chi connectivity index (χ3v) is 4.02. The van der Waals surface area contributed by atoms with Crippen LogP contribution in [-0.4, -0.2) is 6.54 Å². The molecule has 0 fully saturated rings. The molecule has 104 valence electrons. The van der Waals surface area contributed by atoms with E-state index in [1.165, 1.54) is 35.2 Å². The quantitative estimate of drug-likeness (QED) is 0.839. The van der Waals surface area contributed by atoms with Gasteiger partial charge in [-0.3, -0.25) is 0 Å². The summed E-state index contributed by atoms with van der Waals surface area (Å²) in [6.45, 7) is 4.10. The molecule has 0 bridgehead atoms. The van der Waals surface area contributed by atoms with Crippen LogP contribution in [0.2, 0.25) is 5.02 Å². The zero-order chi connectivity index (χ0) is 14.1. The Bertz CT molecular complexity index is 617. The van der Waals surface area contributed by atoms with Crippen LogP contribution in [0, 0.1) is 6.92 Å². The lowest BCUT2D eigenvalue weighted by Gasteiger charge is -2.31. The zero-order valence-corrected chi connectivity index (χ0v) is 12.5. The Balaban J connectivity index is 1.89. The molecule has 2 aromatic carbocycles. The van der Waals surface area contributed by atoms with Gasteiger partial charge >= 0.3 is 0 Å². The molecule has 2 N–H and O–H groups in total. The average Bonchev–Trinajstić information content (AvgIpc) is 2.37. The molecule has 0 saturated heterocycles. The summed E-state index contributed by atoms with van der Waals surface area (Å²) in [4.78, 5) is 2.42. The molecule has 2 nitrogen and oxygen atoms in total. The van der Waals surface area contributed by atoms with E-state index < -0.39 is 0 Å². The fourth-order valence-electron chi connectivity index (χ4n) is 2.96. The SMILES string of the molecule is Cc1ccc2c(c1)CCCN2Cc1cc(N)cc(Cl)c1. The average molecular weight is 287 g/mol. The third-order valence-electron chi connectivity index (χ3n) is 3.80. The first-order valence-corrected chi connectivity index (χ1v) is 7.39. The summed E-state index contributed by atoms with van der Waals surface area (Å²) >= 11 is 6.09. The standard InChI is InChI=1S/C17H19ClN2/c1-12-4-5-17-14(7-12)3-2-6-20(17)11-13-8-15(18)10-16(19)9-13/h4-5,7-10H,2-3,6,11,19H2,1H3. The molecule has 0 radical (unpaired) electrons. The minimum Gasteiger partial charge on any atom is -0.399 e. The van der Waals surface area contributed by atoms with Crippen molar-refractivity contribution in [1.82, 2.24) is 0 Å². The maximum Gasteiger partial charge on any atom is 0.0430 e. The first kappa shape index (κ1) is 13.3. The van der Waals surface area contributed by atoms with Crippen LogP contribution in [0.3, 0.4) is 0 Å². The Morgan fingerprint density at radius 3 is 2.85 bits per heavy atom. The lowest BCUT2D eigenvalue weighted by atomic mass is 9.99. The van der Waals surface area contributed by atoms with Crippen molar-refractivity contribution in [2.75, 3.05) is 17.2 Å². The highest BCUT2D eigenvalue weighted by atomic mass is 35.5. The van der Waals surface area contributed by atoms with E-state index in [-0.39, 0.29) is 0 Å². The molecule has 1 aliphatic rings. The molecule has 0 amide bonds. The Hall–Kier alpha value is -1.67. The maximum atomic E-state index is 6.09. The van der Waals surface area contributed by atoms with Crippen molar-refractivity contribution in [3.8, 4) is 0 Å². The number of hydrogen-bond acceptors (Lipinski definition) is 2. The number of halogens is 1. The molecule has 0 aromatic heterocycles. The minimum atomic E-state index is 0.709. The van der Waals surface area contributed by atoms with Gasteiger partial charge < -0.3 is 10.6 Å². The fourth-order valence-corrected chi connectivity index (χ4v) is 3.22. The smallest absolute Gasteiger partial charge is 0.0430 e. The second-order valence-corrected chi connectivity index (χ2v) is 5.99. The highest BCUT2D eigenvalue weighted by Gasteiger charge is 2.17. The minimum absolute atomic E-state index is 0.709. The van der Waals surface area contributed by atoms with Crippen molar-refractivity contribution >= 4 is 23.0 Å². The van der Waals surface area contributed by atoms with Crippen LogP contribution >= 0.6 is 11.6 Å². The maximum absolute atomic E-state index is 6.09. The number of anilines is 2. The van der Waals surface area contributed by atoms with Crippen LogP contribution in [-0.2, 0) is 13.0 Å². The van der Waals surface area contributed by atoms with Crippen molar-refractivity contribution in [3.05, 3.63) is 58.1 Å².